The molecule has 3 amide bonds. The van der Waals surface area contributed by atoms with Crippen LogP contribution in [0.5, 0.6) is 0 Å². The number of hydrogen-bond acceptors (Lipinski definition) is 6. The summed E-state index contributed by atoms with van der Waals surface area (Å²) in [7, 11) is 0. The van der Waals surface area contributed by atoms with E-state index in [1.807, 2.05) is 19.9 Å². The Balaban J connectivity index is 2.90. The summed E-state index contributed by atoms with van der Waals surface area (Å²) in [6.45, 7) is 5.81. The number of amides is 3. The minimum atomic E-state index is -1.16. The Labute approximate surface area is 201 Å². The molecule has 0 radical (unpaired) electrons. The van der Waals surface area contributed by atoms with Crippen molar-refractivity contribution in [3.8, 4) is 0 Å². The van der Waals surface area contributed by atoms with Crippen LogP contribution in [0.3, 0.4) is 0 Å². The molecule has 0 unspecified atom stereocenters. The third-order valence-electron chi connectivity index (χ3n) is 5.29. The van der Waals surface area contributed by atoms with Crippen LogP contribution in [-0.2, 0) is 25.6 Å². The van der Waals surface area contributed by atoms with Gasteiger partial charge in [0, 0.05) is 6.42 Å². The van der Waals surface area contributed by atoms with E-state index in [9.17, 15) is 24.3 Å². The van der Waals surface area contributed by atoms with Gasteiger partial charge in [0.05, 0.1) is 6.04 Å². The van der Waals surface area contributed by atoms with Gasteiger partial charge in [0.25, 0.3) is 0 Å². The van der Waals surface area contributed by atoms with E-state index in [4.69, 9.17) is 11.5 Å². The van der Waals surface area contributed by atoms with Crippen LogP contribution in [0.15, 0.2) is 30.3 Å². The molecule has 0 saturated heterocycles. The maximum atomic E-state index is 13.0. The molecule has 4 atom stereocenters. The number of carbonyl (C=O) groups excluding carboxylic acids is 3. The predicted octanol–water partition coefficient (Wildman–Crippen LogP) is 0.290. The van der Waals surface area contributed by atoms with Gasteiger partial charge in [-0.25, -0.2) is 4.79 Å². The normalized spacial score (nSPS) is 14.5. The lowest BCUT2D eigenvalue weighted by atomic mass is 10.0. The fraction of sp³-hybridized carbons (Fsp3) is 0.583. The molecule has 190 valence electrons. The Kier molecular flexibility index (Phi) is 12.8. The van der Waals surface area contributed by atoms with Gasteiger partial charge in [0.1, 0.15) is 18.1 Å². The van der Waals surface area contributed by atoms with Crippen molar-refractivity contribution in [2.45, 2.75) is 77.0 Å². The predicted molar refractivity (Wildman–Crippen MR) is 130 cm³/mol. The Hall–Kier alpha value is -2.98. The molecule has 0 spiro atoms. The first-order chi connectivity index (χ1) is 16.0. The quantitative estimate of drug-likeness (QED) is 0.197. The zero-order valence-electron chi connectivity index (χ0n) is 20.3. The van der Waals surface area contributed by atoms with Crippen molar-refractivity contribution in [3.63, 3.8) is 0 Å². The molecular weight excluding hydrogens is 438 g/mol. The van der Waals surface area contributed by atoms with Gasteiger partial charge < -0.3 is 32.5 Å². The fourth-order valence-electron chi connectivity index (χ4n) is 3.38. The van der Waals surface area contributed by atoms with E-state index in [2.05, 4.69) is 16.0 Å². The number of benzene rings is 1. The number of carbonyl (C=O) groups is 4. The molecule has 10 nitrogen and oxygen atoms in total. The maximum absolute atomic E-state index is 13.0. The van der Waals surface area contributed by atoms with Crippen LogP contribution >= 0.6 is 0 Å². The molecule has 0 saturated carbocycles. The van der Waals surface area contributed by atoms with Crippen molar-refractivity contribution >= 4 is 23.7 Å². The smallest absolute Gasteiger partial charge is 0.326 e. The number of nitrogens with one attached hydrogen (secondary N) is 3. The standard InChI is InChI=1S/C24H39N5O5/c1-15(2)13-18(26)22(31)27-16(3)21(30)29-20(14-17-9-5-4-6-10-17)23(32)28-19(24(33)34)11-7-8-12-25/h4-6,9-10,15-16,18-20H,7-8,11-14,25-26H2,1-3H3,(H,27,31)(H,28,32)(H,29,30)(H,33,34)/t16-,18-,19-,20-/m0/s1. The number of rotatable bonds is 15. The average Bonchev–Trinajstić information content (AvgIpc) is 2.77. The minimum Gasteiger partial charge on any atom is -0.480 e. The van der Waals surface area contributed by atoms with Gasteiger partial charge in [0.15, 0.2) is 0 Å². The van der Waals surface area contributed by atoms with Crippen LogP contribution in [0.2, 0.25) is 0 Å². The number of aliphatic carboxylic acids is 1. The molecule has 0 aliphatic carbocycles. The molecule has 0 aliphatic rings. The van der Waals surface area contributed by atoms with Crippen LogP contribution in [0.25, 0.3) is 0 Å². The van der Waals surface area contributed by atoms with Crippen LogP contribution in [-0.4, -0.2) is 59.5 Å². The van der Waals surface area contributed by atoms with Crippen LogP contribution in [0.4, 0.5) is 0 Å². The Morgan fingerprint density at radius 1 is 0.882 bits per heavy atom. The number of carboxylic acids is 1. The average molecular weight is 478 g/mol. The number of hydrogen-bond donors (Lipinski definition) is 6. The second-order valence-electron chi connectivity index (χ2n) is 8.90. The molecule has 34 heavy (non-hydrogen) atoms. The van der Waals surface area contributed by atoms with Crippen molar-refractivity contribution in [1.82, 2.24) is 16.0 Å². The van der Waals surface area contributed by atoms with Gasteiger partial charge in [-0.2, -0.15) is 0 Å². The van der Waals surface area contributed by atoms with Gasteiger partial charge in [-0.05, 0) is 50.6 Å². The number of nitrogens with two attached hydrogens (primary N) is 2. The Morgan fingerprint density at radius 3 is 2.06 bits per heavy atom. The van der Waals surface area contributed by atoms with Gasteiger partial charge in [-0.15, -0.1) is 0 Å². The first-order valence-electron chi connectivity index (χ1n) is 11.7. The summed E-state index contributed by atoms with van der Waals surface area (Å²) in [4.78, 5) is 49.7. The molecule has 1 aromatic rings. The maximum Gasteiger partial charge on any atom is 0.326 e. The molecule has 10 heteroatoms. The van der Waals surface area contributed by atoms with Crippen LogP contribution < -0.4 is 27.4 Å². The molecule has 0 aromatic heterocycles. The molecule has 0 aliphatic heterocycles. The summed E-state index contributed by atoms with van der Waals surface area (Å²) in [5.41, 5.74) is 12.1. The largest absolute Gasteiger partial charge is 0.480 e. The van der Waals surface area contributed by atoms with Gasteiger partial charge in [-0.3, -0.25) is 14.4 Å². The van der Waals surface area contributed by atoms with Crippen LogP contribution in [0.1, 0.15) is 52.0 Å². The van der Waals surface area contributed by atoms with Crippen molar-refractivity contribution in [2.24, 2.45) is 17.4 Å². The highest BCUT2D eigenvalue weighted by molar-refractivity contribution is 5.94. The van der Waals surface area contributed by atoms with E-state index in [-0.39, 0.29) is 18.8 Å². The van der Waals surface area contributed by atoms with E-state index in [0.29, 0.717) is 25.8 Å². The lowest BCUT2D eigenvalue weighted by Gasteiger charge is -2.24. The second kappa shape index (κ2) is 15.0. The summed E-state index contributed by atoms with van der Waals surface area (Å²) in [5.74, 6) is -2.58. The number of unbranched alkanes of at least 4 members (excludes halogenated alkanes) is 1. The lowest BCUT2D eigenvalue weighted by Crippen LogP contribution is -2.57. The summed E-state index contributed by atoms with van der Waals surface area (Å²) >= 11 is 0. The first-order valence-corrected chi connectivity index (χ1v) is 11.7. The molecule has 0 fully saturated rings. The zero-order valence-corrected chi connectivity index (χ0v) is 20.3. The lowest BCUT2D eigenvalue weighted by molar-refractivity contribution is -0.142. The fourth-order valence-corrected chi connectivity index (χ4v) is 3.38. The van der Waals surface area contributed by atoms with Crippen molar-refractivity contribution in [3.05, 3.63) is 35.9 Å². The highest BCUT2D eigenvalue weighted by Gasteiger charge is 2.29. The topological polar surface area (TPSA) is 177 Å². The van der Waals surface area contributed by atoms with Crippen molar-refractivity contribution < 1.29 is 24.3 Å². The summed E-state index contributed by atoms with van der Waals surface area (Å²) in [6, 6.07) is 5.23. The third-order valence-corrected chi connectivity index (χ3v) is 5.29. The van der Waals surface area contributed by atoms with Gasteiger partial charge in [0.2, 0.25) is 17.7 Å². The molecule has 0 heterocycles. The monoisotopic (exact) mass is 477 g/mol. The SMILES string of the molecule is CC(C)C[C@H](N)C(=O)N[C@@H](C)C(=O)N[C@@H](Cc1ccccc1)C(=O)N[C@@H](CCCCN)C(=O)O. The molecule has 1 aromatic carbocycles. The van der Waals surface area contributed by atoms with Crippen molar-refractivity contribution in [2.75, 3.05) is 6.54 Å². The van der Waals surface area contributed by atoms with Gasteiger partial charge >= 0.3 is 5.97 Å². The molecule has 8 N–H and O–H groups in total. The summed E-state index contributed by atoms with van der Waals surface area (Å²) < 4.78 is 0. The Morgan fingerprint density at radius 2 is 1.50 bits per heavy atom. The molecular formula is C24H39N5O5. The van der Waals surface area contributed by atoms with Crippen LogP contribution in [0, 0.1) is 5.92 Å². The molecule has 0 bridgehead atoms. The van der Waals surface area contributed by atoms with Crippen molar-refractivity contribution in [1.29, 1.82) is 0 Å². The van der Waals surface area contributed by atoms with E-state index < -0.39 is 47.9 Å². The van der Waals surface area contributed by atoms with E-state index in [0.717, 1.165) is 5.56 Å². The third kappa shape index (κ3) is 10.8. The Bertz CT molecular complexity index is 802. The minimum absolute atomic E-state index is 0.154. The first kappa shape index (κ1) is 29.1. The van der Waals surface area contributed by atoms with E-state index >= 15 is 0 Å². The summed E-state index contributed by atoms with van der Waals surface area (Å²) in [5, 5.41) is 17.2. The molecule has 1 rings (SSSR count). The highest BCUT2D eigenvalue weighted by Crippen LogP contribution is 2.07. The van der Waals surface area contributed by atoms with E-state index in [1.165, 1.54) is 6.92 Å². The van der Waals surface area contributed by atoms with E-state index in [1.54, 1.807) is 24.3 Å². The highest BCUT2D eigenvalue weighted by atomic mass is 16.4. The zero-order chi connectivity index (χ0) is 25.7. The second-order valence-corrected chi connectivity index (χ2v) is 8.90. The summed E-state index contributed by atoms with van der Waals surface area (Å²) in [6.07, 6.45) is 2.04. The van der Waals surface area contributed by atoms with Gasteiger partial charge in [-0.1, -0.05) is 44.2 Å². The number of carboxylic acid groups (broad SMARTS) is 1.